The fourth-order valence-electron chi connectivity index (χ4n) is 2.32. The summed E-state index contributed by atoms with van der Waals surface area (Å²) in [6.07, 6.45) is 3.46. The number of nitrogens with one attached hydrogen (secondary N) is 1. The van der Waals surface area contributed by atoms with Crippen molar-refractivity contribution in [1.82, 2.24) is 14.8 Å². The molecule has 0 fully saturated rings. The third-order valence-corrected chi connectivity index (χ3v) is 3.55. The van der Waals surface area contributed by atoms with Gasteiger partial charge in [0, 0.05) is 30.1 Å². The number of pyridine rings is 1. The number of carbonyl (C=O) groups is 1. The van der Waals surface area contributed by atoms with E-state index in [0.717, 1.165) is 5.69 Å². The maximum atomic E-state index is 11.4. The molecular formula is C17H15N5O3. The first kappa shape index (κ1) is 16.3. The molecule has 0 spiro atoms. The van der Waals surface area contributed by atoms with Crippen LogP contribution in [-0.2, 0) is 6.54 Å². The molecule has 2 aromatic heterocycles. The predicted octanol–water partition coefficient (Wildman–Crippen LogP) is 3.18. The number of ketones is 1. The summed E-state index contributed by atoms with van der Waals surface area (Å²) in [7, 11) is 0. The van der Waals surface area contributed by atoms with E-state index in [1.807, 2.05) is 18.2 Å². The molecule has 0 aliphatic heterocycles. The van der Waals surface area contributed by atoms with Crippen molar-refractivity contribution >= 4 is 23.0 Å². The Bertz CT molecular complexity index is 921. The summed E-state index contributed by atoms with van der Waals surface area (Å²) in [4.78, 5) is 26.4. The summed E-state index contributed by atoms with van der Waals surface area (Å²) in [5, 5.41) is 18.5. The van der Waals surface area contributed by atoms with E-state index >= 15 is 0 Å². The number of Topliss-reactive ketones (excluding diaryl/α,β-unsaturated/α-hetero) is 1. The van der Waals surface area contributed by atoms with E-state index in [4.69, 9.17) is 0 Å². The number of carbonyl (C=O) groups excluding carboxylic acids is 1. The molecule has 3 rings (SSSR count). The van der Waals surface area contributed by atoms with Gasteiger partial charge in [0.15, 0.2) is 11.6 Å². The van der Waals surface area contributed by atoms with Crippen molar-refractivity contribution in [1.29, 1.82) is 0 Å². The van der Waals surface area contributed by atoms with E-state index in [2.05, 4.69) is 15.4 Å². The van der Waals surface area contributed by atoms with E-state index in [1.165, 1.54) is 19.1 Å². The predicted molar refractivity (Wildman–Crippen MR) is 91.9 cm³/mol. The van der Waals surface area contributed by atoms with Gasteiger partial charge in [0.2, 0.25) is 0 Å². The number of nitro benzene ring substituents is 1. The first-order valence-corrected chi connectivity index (χ1v) is 7.52. The molecular weight excluding hydrogens is 322 g/mol. The third kappa shape index (κ3) is 3.86. The van der Waals surface area contributed by atoms with E-state index in [9.17, 15) is 14.9 Å². The van der Waals surface area contributed by atoms with Gasteiger partial charge in [-0.15, -0.1) is 0 Å². The van der Waals surface area contributed by atoms with Gasteiger partial charge in [-0.2, -0.15) is 5.10 Å². The van der Waals surface area contributed by atoms with Crippen molar-refractivity contribution in [2.45, 2.75) is 13.5 Å². The van der Waals surface area contributed by atoms with Crippen molar-refractivity contribution in [2.75, 3.05) is 5.32 Å². The molecule has 0 radical (unpaired) electrons. The van der Waals surface area contributed by atoms with Crippen LogP contribution in [0.1, 0.15) is 23.0 Å². The fraction of sp³-hybridized carbons (Fsp3) is 0.118. The zero-order chi connectivity index (χ0) is 17.8. The first-order chi connectivity index (χ1) is 12.0. The second kappa shape index (κ2) is 6.91. The zero-order valence-electron chi connectivity index (χ0n) is 13.4. The maximum absolute atomic E-state index is 11.4. The minimum absolute atomic E-state index is 0.174. The minimum atomic E-state index is -0.528. The fourth-order valence-corrected chi connectivity index (χ4v) is 2.32. The summed E-state index contributed by atoms with van der Waals surface area (Å²) in [6, 6.07) is 11.6. The number of benzene rings is 1. The lowest BCUT2D eigenvalue weighted by molar-refractivity contribution is -0.383. The van der Waals surface area contributed by atoms with E-state index in [-0.39, 0.29) is 22.7 Å². The van der Waals surface area contributed by atoms with Gasteiger partial charge in [-0.3, -0.25) is 24.6 Å². The van der Waals surface area contributed by atoms with Gasteiger partial charge in [-0.25, -0.2) is 0 Å². The molecule has 1 aromatic carbocycles. The van der Waals surface area contributed by atoms with E-state index in [0.29, 0.717) is 12.4 Å². The SMILES string of the molecule is CC(=O)c1ccc(Nc2ccn(Cc3ccccn3)n2)c([N+](=O)[O-])c1. The Labute approximate surface area is 143 Å². The Morgan fingerprint density at radius 1 is 1.28 bits per heavy atom. The van der Waals surface area contributed by atoms with Crippen LogP contribution in [0.25, 0.3) is 0 Å². The normalized spacial score (nSPS) is 10.4. The van der Waals surface area contributed by atoms with E-state index in [1.54, 1.807) is 29.2 Å². The molecule has 2 heterocycles. The summed E-state index contributed by atoms with van der Waals surface area (Å²) < 4.78 is 1.68. The van der Waals surface area contributed by atoms with Crippen LogP contribution in [-0.4, -0.2) is 25.5 Å². The van der Waals surface area contributed by atoms with Gasteiger partial charge in [0.05, 0.1) is 17.2 Å². The lowest BCUT2D eigenvalue weighted by atomic mass is 10.1. The molecule has 0 aliphatic carbocycles. The van der Waals surface area contributed by atoms with Crippen molar-refractivity contribution in [3.05, 3.63) is 76.2 Å². The smallest absolute Gasteiger partial charge is 0.293 e. The highest BCUT2D eigenvalue weighted by atomic mass is 16.6. The number of hydrogen-bond donors (Lipinski definition) is 1. The number of nitro groups is 1. The van der Waals surface area contributed by atoms with Gasteiger partial charge in [-0.05, 0) is 31.2 Å². The highest BCUT2D eigenvalue weighted by Gasteiger charge is 2.17. The van der Waals surface area contributed by atoms with Crippen LogP contribution in [0.15, 0.2) is 54.9 Å². The van der Waals surface area contributed by atoms with Crippen LogP contribution in [0.2, 0.25) is 0 Å². The summed E-state index contributed by atoms with van der Waals surface area (Å²) in [5.74, 6) is 0.240. The van der Waals surface area contributed by atoms with Crippen LogP contribution < -0.4 is 5.32 Å². The Morgan fingerprint density at radius 2 is 2.12 bits per heavy atom. The maximum Gasteiger partial charge on any atom is 0.293 e. The molecule has 0 saturated carbocycles. The molecule has 8 heteroatoms. The number of rotatable bonds is 6. The molecule has 0 aliphatic rings. The highest BCUT2D eigenvalue weighted by molar-refractivity contribution is 5.95. The van der Waals surface area contributed by atoms with Gasteiger partial charge in [0.25, 0.3) is 5.69 Å². The molecule has 0 bridgehead atoms. The van der Waals surface area contributed by atoms with Crippen LogP contribution in [0, 0.1) is 10.1 Å². The molecule has 25 heavy (non-hydrogen) atoms. The number of nitrogens with zero attached hydrogens (tertiary/aromatic N) is 4. The second-order valence-corrected chi connectivity index (χ2v) is 5.39. The van der Waals surface area contributed by atoms with Crippen LogP contribution in [0.4, 0.5) is 17.2 Å². The lowest BCUT2D eigenvalue weighted by Crippen LogP contribution is -2.04. The molecule has 126 valence electrons. The topological polar surface area (TPSA) is 103 Å². The zero-order valence-corrected chi connectivity index (χ0v) is 13.4. The molecule has 0 unspecified atom stereocenters. The number of anilines is 2. The average molecular weight is 337 g/mol. The Morgan fingerprint density at radius 3 is 2.80 bits per heavy atom. The summed E-state index contributed by atoms with van der Waals surface area (Å²) in [6.45, 7) is 1.86. The lowest BCUT2D eigenvalue weighted by Gasteiger charge is -2.06. The van der Waals surface area contributed by atoms with Gasteiger partial charge in [0.1, 0.15) is 5.69 Å². The molecule has 0 atom stereocenters. The molecule has 3 aromatic rings. The summed E-state index contributed by atoms with van der Waals surface area (Å²) in [5.41, 5.74) is 1.25. The Balaban J connectivity index is 1.81. The number of aromatic nitrogens is 3. The molecule has 1 N–H and O–H groups in total. The molecule has 8 nitrogen and oxygen atoms in total. The van der Waals surface area contributed by atoms with Gasteiger partial charge >= 0.3 is 0 Å². The monoisotopic (exact) mass is 337 g/mol. The quantitative estimate of drug-likeness (QED) is 0.421. The third-order valence-electron chi connectivity index (χ3n) is 3.55. The standard InChI is InChI=1S/C17H15N5O3/c1-12(23)13-5-6-15(16(10-13)22(24)25)19-17-7-9-21(20-17)11-14-4-2-3-8-18-14/h2-10H,11H2,1H3,(H,19,20). The van der Waals surface area contributed by atoms with Crippen molar-refractivity contribution in [2.24, 2.45) is 0 Å². The minimum Gasteiger partial charge on any atom is -0.333 e. The average Bonchev–Trinajstić information content (AvgIpc) is 3.02. The molecule has 0 amide bonds. The summed E-state index contributed by atoms with van der Waals surface area (Å²) >= 11 is 0. The van der Waals surface area contributed by atoms with Crippen molar-refractivity contribution in [3.63, 3.8) is 0 Å². The highest BCUT2D eigenvalue weighted by Crippen LogP contribution is 2.28. The van der Waals surface area contributed by atoms with Gasteiger partial charge in [-0.1, -0.05) is 6.07 Å². The Hall–Kier alpha value is -3.55. The first-order valence-electron chi connectivity index (χ1n) is 7.52. The van der Waals surface area contributed by atoms with Crippen molar-refractivity contribution in [3.8, 4) is 0 Å². The van der Waals surface area contributed by atoms with Crippen LogP contribution >= 0.6 is 0 Å². The number of hydrogen-bond acceptors (Lipinski definition) is 6. The second-order valence-electron chi connectivity index (χ2n) is 5.39. The van der Waals surface area contributed by atoms with E-state index < -0.39 is 4.92 Å². The van der Waals surface area contributed by atoms with Gasteiger partial charge < -0.3 is 5.32 Å². The van der Waals surface area contributed by atoms with Crippen molar-refractivity contribution < 1.29 is 9.72 Å². The molecule has 0 saturated heterocycles. The van der Waals surface area contributed by atoms with Crippen LogP contribution in [0.5, 0.6) is 0 Å². The van der Waals surface area contributed by atoms with Crippen LogP contribution in [0.3, 0.4) is 0 Å². The Kier molecular flexibility index (Phi) is 4.51. The largest absolute Gasteiger partial charge is 0.333 e.